The number of nitrogens with zero attached hydrogens (tertiary/aromatic N) is 1. The summed E-state index contributed by atoms with van der Waals surface area (Å²) in [5, 5.41) is 4.04. The van der Waals surface area contributed by atoms with E-state index in [2.05, 4.69) is 25.1 Å². The van der Waals surface area contributed by atoms with Gasteiger partial charge in [-0.15, -0.1) is 0 Å². The molecule has 0 saturated carbocycles. The van der Waals surface area contributed by atoms with Crippen molar-refractivity contribution in [3.05, 3.63) is 46.6 Å². The van der Waals surface area contributed by atoms with E-state index in [4.69, 9.17) is 15.1 Å². The molecule has 1 aromatic heterocycles. The Bertz CT molecular complexity index is 763. The van der Waals surface area contributed by atoms with Gasteiger partial charge in [-0.1, -0.05) is 57.2 Å². The van der Waals surface area contributed by atoms with Crippen LogP contribution in [0.4, 0.5) is 19.1 Å². The van der Waals surface area contributed by atoms with Crippen LogP contribution in [0.2, 0.25) is 0 Å². The van der Waals surface area contributed by atoms with Crippen molar-refractivity contribution in [2.24, 2.45) is 5.92 Å². The number of anilines is 1. The predicted molar refractivity (Wildman–Crippen MR) is 107 cm³/mol. The average molecular weight is 669 g/mol. The Kier molecular flexibility index (Phi) is 10.9. The molecule has 0 bridgehead atoms. The van der Waals surface area contributed by atoms with Crippen molar-refractivity contribution in [2.75, 3.05) is 5.73 Å². The molecule has 0 aliphatic carbocycles. The van der Waals surface area contributed by atoms with Gasteiger partial charge in [0.1, 0.15) is 6.29 Å². The molecule has 0 amide bonds. The van der Waals surface area contributed by atoms with Crippen LogP contribution >= 0.6 is 0 Å². The Morgan fingerprint density at radius 2 is 1.90 bits per heavy atom. The Morgan fingerprint density at radius 3 is 2.37 bits per heavy atom. The summed E-state index contributed by atoms with van der Waals surface area (Å²) in [6.45, 7) is 7.53. The van der Waals surface area contributed by atoms with E-state index >= 15 is 0 Å². The molecule has 0 fully saturated rings. The van der Waals surface area contributed by atoms with Crippen LogP contribution in [-0.2, 0) is 17.4 Å². The molecule has 0 saturated heterocycles. The first-order valence-corrected chi connectivity index (χ1v) is 9.82. The first-order valence-electron chi connectivity index (χ1n) is 9.82. The normalized spacial score (nSPS) is 12.9. The molecule has 1 heterocycles. The van der Waals surface area contributed by atoms with Crippen molar-refractivity contribution in [1.82, 2.24) is 5.16 Å². The molecule has 1 radical (unpaired) electrons. The minimum absolute atomic E-state index is 0. The van der Waals surface area contributed by atoms with Gasteiger partial charge in [-0.05, 0) is 19.3 Å². The zero-order valence-corrected chi connectivity index (χ0v) is 20.1. The van der Waals surface area contributed by atoms with E-state index in [9.17, 15) is 13.2 Å². The van der Waals surface area contributed by atoms with Crippen LogP contribution < -0.4 is 5.73 Å². The van der Waals surface area contributed by atoms with Gasteiger partial charge in [0.15, 0.2) is 0 Å². The van der Waals surface area contributed by atoms with Gasteiger partial charge < -0.3 is 15.1 Å². The Labute approximate surface area is 170 Å². The quantitative estimate of drug-likeness (QED) is 0.271. The summed E-state index contributed by atoms with van der Waals surface area (Å²) in [5.41, 5.74) is 7.25. The van der Waals surface area contributed by atoms with Crippen molar-refractivity contribution < 1.29 is 22.5 Å². The molecule has 2 rings (SSSR count). The van der Waals surface area contributed by atoms with Crippen LogP contribution in [-0.4, -0.2) is 11.4 Å². The maximum atomic E-state index is 12.8. The monoisotopic (exact) mass is 669 g/mol. The molecule has 30 heavy (non-hydrogen) atoms. The fourth-order valence-electron chi connectivity index (χ4n) is 3.02. The van der Waals surface area contributed by atoms with E-state index in [1.807, 2.05) is 0 Å². The van der Waals surface area contributed by atoms with Gasteiger partial charge in [0.2, 0.25) is 5.88 Å². The molecule has 2 unspecified atom stereocenters. The number of carbonyl (C=O) groups is 1. The second kappa shape index (κ2) is 12.3. The number of nitrogen functional groups attached to an aromatic ring is 1. The summed E-state index contributed by atoms with van der Waals surface area (Å²) in [5.74, 6) is 1.07. The van der Waals surface area contributed by atoms with Crippen molar-refractivity contribution >= 4 is 12.2 Å². The topological polar surface area (TPSA) is 69.1 Å². The van der Waals surface area contributed by atoms with Gasteiger partial charge in [0.25, 0.3) is 0 Å². The summed E-state index contributed by atoms with van der Waals surface area (Å²) < 4.78 is 43.4. The van der Waals surface area contributed by atoms with Crippen LogP contribution in [0.25, 0.3) is 0 Å². The standard InChI is InChI=1S/C20H26F3N2O.C2H4O.Md/c1-4-13(2)5-6-16(18-12-19(24)26-25-18)8-7-15-9-10-17(11-14(15)3)20(21,22)23;1-2-3;/h9,11-13,16H,4-8,24H2,1-3H3;2H,1H3;/q-1;;. The second-order valence-corrected chi connectivity index (χ2v) is 7.27. The maximum Gasteiger partial charge on any atom is 0.394 e. The van der Waals surface area contributed by atoms with Crippen molar-refractivity contribution in [2.45, 2.75) is 71.9 Å². The number of rotatable bonds is 8. The number of aryl methyl sites for hydroxylation is 2. The number of nitrogens with two attached hydrogens (primary N) is 1. The third-order valence-corrected chi connectivity index (χ3v) is 5.01. The number of aldehydes is 1. The van der Waals surface area contributed by atoms with E-state index in [1.165, 1.54) is 13.0 Å². The van der Waals surface area contributed by atoms with Gasteiger partial charge in [-0.2, -0.15) is 42.5 Å². The maximum absolute atomic E-state index is 12.8. The van der Waals surface area contributed by atoms with Crippen LogP contribution in [0.15, 0.2) is 22.7 Å². The predicted octanol–water partition coefficient (Wildman–Crippen LogP) is 6.13. The SMILES string of the molecule is CC=O.CCC(C)CCC(CCc1c[c-]c(C(F)(F)F)cc1C)c1cc(N)on1.[Md]. The molecular weight excluding hydrogens is 639 g/mol. The number of carbonyl (C=O) groups excluding carboxylic acids is 1. The van der Waals surface area contributed by atoms with Crippen LogP contribution in [0.3, 0.4) is 0 Å². The number of alkyl halides is 3. The summed E-state index contributed by atoms with van der Waals surface area (Å²) in [7, 11) is 0. The van der Waals surface area contributed by atoms with Gasteiger partial charge >= 0.3 is 6.18 Å². The average Bonchev–Trinajstić information content (AvgIpc) is 3.08. The number of hydrogen-bond donors (Lipinski definition) is 1. The molecule has 0 spiro atoms. The van der Waals surface area contributed by atoms with Gasteiger partial charge in [0.05, 0.1) is 5.69 Å². The molecule has 8 heteroatoms. The Hall–Kier alpha value is -3.31. The second-order valence-electron chi connectivity index (χ2n) is 7.27. The summed E-state index contributed by atoms with van der Waals surface area (Å²) in [6, 6.07) is 6.73. The molecule has 2 atom stereocenters. The zero-order chi connectivity index (χ0) is 22.0. The Morgan fingerprint density at radius 1 is 1.27 bits per heavy atom. The van der Waals surface area contributed by atoms with Gasteiger partial charge in [-0.25, -0.2) is 0 Å². The van der Waals surface area contributed by atoms with E-state index < -0.39 is 11.7 Å². The molecule has 1 aromatic carbocycles. The third kappa shape index (κ3) is 8.37. The number of benzene rings is 1. The molecule has 0 aliphatic rings. The number of aromatic nitrogens is 1. The number of hydrogen-bond acceptors (Lipinski definition) is 4. The largest absolute Gasteiger partial charge is 0.394 e. The van der Waals surface area contributed by atoms with Crippen LogP contribution in [0, 0.1) is 18.9 Å². The van der Waals surface area contributed by atoms with E-state index in [0.717, 1.165) is 49.3 Å². The van der Waals surface area contributed by atoms with E-state index in [0.29, 0.717) is 17.9 Å². The third-order valence-electron chi connectivity index (χ3n) is 5.01. The first-order chi connectivity index (χ1) is 13.6. The van der Waals surface area contributed by atoms with Crippen molar-refractivity contribution in [3.8, 4) is 0 Å². The van der Waals surface area contributed by atoms with Crippen LogP contribution in [0.5, 0.6) is 0 Å². The van der Waals surface area contributed by atoms with Crippen molar-refractivity contribution in [3.63, 3.8) is 0 Å². The number of halogens is 3. The molecule has 4 nitrogen and oxygen atoms in total. The molecule has 0 aliphatic heterocycles. The Balaban J connectivity index is 0.00000198. The van der Waals surface area contributed by atoms with E-state index in [1.54, 1.807) is 13.0 Å². The zero-order valence-electron chi connectivity index (χ0n) is 17.8. The molecule has 2 N–H and O–H groups in total. The summed E-state index contributed by atoms with van der Waals surface area (Å²) in [4.78, 5) is 8.81. The minimum atomic E-state index is -4.36. The van der Waals surface area contributed by atoms with E-state index in [-0.39, 0.29) is 11.8 Å². The molecular formula is C22H30F3MdN2O2-. The smallest absolute Gasteiger partial charge is 0.368 e. The van der Waals surface area contributed by atoms with Gasteiger partial charge in [-0.3, -0.25) is 0 Å². The molecule has 2 aromatic rings. The van der Waals surface area contributed by atoms with Crippen LogP contribution in [0.1, 0.15) is 74.8 Å². The fourth-order valence-corrected chi connectivity index (χ4v) is 3.02. The first kappa shape index (κ1) is 26.7. The van der Waals surface area contributed by atoms with Crippen molar-refractivity contribution in [1.29, 1.82) is 0 Å². The fraction of sp³-hybridized carbons (Fsp3) is 0.545. The van der Waals surface area contributed by atoms with Gasteiger partial charge in [0, 0.05) is 12.0 Å². The summed E-state index contributed by atoms with van der Waals surface area (Å²) in [6.07, 6.45) is 0.957. The minimum Gasteiger partial charge on any atom is -0.368 e. The molecule has 175 valence electrons. The summed E-state index contributed by atoms with van der Waals surface area (Å²) >= 11 is 0.